The van der Waals surface area contributed by atoms with Crippen LogP contribution in [0.2, 0.25) is 0 Å². The van der Waals surface area contributed by atoms with Gasteiger partial charge in [-0.05, 0) is 24.3 Å². The molecule has 0 bridgehead atoms. The van der Waals surface area contributed by atoms with E-state index in [1.165, 1.54) is 0 Å². The molecule has 2 fully saturated rings. The molecule has 144 valence electrons. The fourth-order valence-corrected chi connectivity index (χ4v) is 4.28. The van der Waals surface area contributed by atoms with E-state index in [1.54, 1.807) is 19.3 Å². The van der Waals surface area contributed by atoms with E-state index in [2.05, 4.69) is 15.6 Å². The summed E-state index contributed by atoms with van der Waals surface area (Å²) < 4.78 is 11.2. The zero-order valence-corrected chi connectivity index (χ0v) is 15.5. The lowest BCUT2D eigenvalue weighted by atomic mass is 9.93. The van der Waals surface area contributed by atoms with Crippen molar-refractivity contribution in [2.45, 2.75) is 12.0 Å². The number of pyridine rings is 1. The molecule has 1 unspecified atom stereocenters. The lowest BCUT2D eigenvalue weighted by Gasteiger charge is -2.13. The first-order chi connectivity index (χ1) is 13.7. The van der Waals surface area contributed by atoms with Gasteiger partial charge in [-0.15, -0.1) is 0 Å². The van der Waals surface area contributed by atoms with Crippen molar-refractivity contribution < 1.29 is 19.1 Å². The molecule has 1 aromatic heterocycles. The molecule has 0 radical (unpaired) electrons. The Labute approximate surface area is 162 Å². The largest absolute Gasteiger partial charge is 0.491 e. The van der Waals surface area contributed by atoms with E-state index in [1.807, 2.05) is 24.3 Å². The molecular weight excluding hydrogens is 358 g/mol. The Morgan fingerprint density at radius 3 is 2.64 bits per heavy atom. The van der Waals surface area contributed by atoms with Gasteiger partial charge in [0, 0.05) is 42.2 Å². The first kappa shape index (κ1) is 17.2. The molecule has 2 N–H and O–H groups in total. The number of carbonyl (C=O) groups is 2. The number of aromatic nitrogens is 1. The lowest BCUT2D eigenvalue weighted by Crippen LogP contribution is -2.30. The van der Waals surface area contributed by atoms with Gasteiger partial charge in [0.05, 0.1) is 30.4 Å². The van der Waals surface area contributed by atoms with E-state index >= 15 is 0 Å². The smallest absolute Gasteiger partial charge is 0.254 e. The van der Waals surface area contributed by atoms with Crippen LogP contribution in [0.3, 0.4) is 0 Å². The molecule has 7 nitrogen and oxygen atoms in total. The molecule has 1 saturated heterocycles. The molecule has 1 saturated carbocycles. The molecule has 0 spiro atoms. The summed E-state index contributed by atoms with van der Waals surface area (Å²) in [7, 11) is 1.57. The Hall–Kier alpha value is -2.93. The molecule has 1 aromatic carbocycles. The fourth-order valence-electron chi connectivity index (χ4n) is 4.28. The molecule has 4 atom stereocenters. The topological polar surface area (TPSA) is 89.6 Å². The maximum Gasteiger partial charge on any atom is 0.254 e. The number of hydrogen-bond acceptors (Lipinski definition) is 5. The van der Waals surface area contributed by atoms with Gasteiger partial charge in [0.25, 0.3) is 11.8 Å². The van der Waals surface area contributed by atoms with Crippen LogP contribution in [0.4, 0.5) is 0 Å². The van der Waals surface area contributed by atoms with Crippen LogP contribution >= 0.6 is 0 Å². The second-order valence-electron chi connectivity index (χ2n) is 7.50. The van der Waals surface area contributed by atoms with Crippen molar-refractivity contribution in [3.05, 3.63) is 58.9 Å². The van der Waals surface area contributed by atoms with Gasteiger partial charge in [-0.25, -0.2) is 0 Å². The summed E-state index contributed by atoms with van der Waals surface area (Å²) in [6.07, 6.45) is 1.73. The van der Waals surface area contributed by atoms with E-state index in [9.17, 15) is 9.59 Å². The van der Waals surface area contributed by atoms with Gasteiger partial charge in [0.15, 0.2) is 0 Å². The highest BCUT2D eigenvalue weighted by atomic mass is 16.5. The Morgan fingerprint density at radius 1 is 1.11 bits per heavy atom. The van der Waals surface area contributed by atoms with Gasteiger partial charge in [0.2, 0.25) is 0 Å². The van der Waals surface area contributed by atoms with Gasteiger partial charge in [-0.2, -0.15) is 0 Å². The Bertz CT molecular complexity index is 936. The van der Waals surface area contributed by atoms with Crippen LogP contribution in [0.1, 0.15) is 37.9 Å². The van der Waals surface area contributed by atoms with Crippen molar-refractivity contribution in [3.8, 4) is 5.75 Å². The van der Waals surface area contributed by atoms with Crippen LogP contribution in [-0.4, -0.2) is 49.7 Å². The molecular formula is C21H21N3O4. The van der Waals surface area contributed by atoms with Crippen LogP contribution < -0.4 is 15.4 Å². The quantitative estimate of drug-likeness (QED) is 0.837. The number of carbonyl (C=O) groups excluding carboxylic acids is 2. The van der Waals surface area contributed by atoms with Gasteiger partial charge in [-0.3, -0.25) is 14.6 Å². The van der Waals surface area contributed by atoms with Crippen LogP contribution in [0.15, 0.2) is 36.5 Å². The van der Waals surface area contributed by atoms with Gasteiger partial charge < -0.3 is 20.1 Å². The summed E-state index contributed by atoms with van der Waals surface area (Å²) in [5, 5.41) is 5.73. The van der Waals surface area contributed by atoms with E-state index < -0.39 is 0 Å². The lowest BCUT2D eigenvalue weighted by molar-refractivity contribution is 0.0929. The first-order valence-electron chi connectivity index (χ1n) is 9.49. The standard InChI is InChI=1S/C21H21N3O4/c1-22-21(26)13-7-11(20(25)24-18-15-8-27-9-16(15)18)6-12-14(10-28-19(12)13)17-4-2-3-5-23-17/h2-7,14-16,18H,8-10H2,1H3,(H,22,26)(H,24,25)/t14-,15-,16+,18?/m1/s1. The number of nitrogens with one attached hydrogen (secondary N) is 2. The maximum absolute atomic E-state index is 12.9. The summed E-state index contributed by atoms with van der Waals surface area (Å²) >= 11 is 0. The van der Waals surface area contributed by atoms with Crippen molar-refractivity contribution in [1.82, 2.24) is 15.6 Å². The van der Waals surface area contributed by atoms with Crippen LogP contribution in [0.25, 0.3) is 0 Å². The van der Waals surface area contributed by atoms with Gasteiger partial charge >= 0.3 is 0 Å². The number of rotatable bonds is 4. The molecule has 28 heavy (non-hydrogen) atoms. The second-order valence-corrected chi connectivity index (χ2v) is 7.50. The van der Waals surface area contributed by atoms with Crippen molar-refractivity contribution in [2.24, 2.45) is 11.8 Å². The minimum Gasteiger partial charge on any atom is -0.491 e. The summed E-state index contributed by atoms with van der Waals surface area (Å²) in [6, 6.07) is 9.32. The second kappa shape index (κ2) is 6.60. The third-order valence-corrected chi connectivity index (χ3v) is 5.92. The first-order valence-corrected chi connectivity index (χ1v) is 9.49. The number of benzene rings is 1. The number of ether oxygens (including phenoxy) is 2. The van der Waals surface area contributed by atoms with Crippen LogP contribution in [0.5, 0.6) is 5.75 Å². The predicted octanol–water partition coefficient (Wildman–Crippen LogP) is 1.34. The monoisotopic (exact) mass is 379 g/mol. The van der Waals surface area contributed by atoms with Crippen molar-refractivity contribution in [1.29, 1.82) is 0 Å². The van der Waals surface area contributed by atoms with E-state index in [4.69, 9.17) is 9.47 Å². The number of hydrogen-bond donors (Lipinski definition) is 2. The normalized spacial score (nSPS) is 26.8. The molecule has 2 amide bonds. The Kier molecular flexibility index (Phi) is 4.05. The Morgan fingerprint density at radius 2 is 1.93 bits per heavy atom. The van der Waals surface area contributed by atoms with Crippen molar-refractivity contribution >= 4 is 11.8 Å². The zero-order valence-electron chi connectivity index (χ0n) is 15.5. The van der Waals surface area contributed by atoms with Crippen molar-refractivity contribution in [3.63, 3.8) is 0 Å². The van der Waals surface area contributed by atoms with Gasteiger partial charge in [0.1, 0.15) is 12.4 Å². The number of fused-ring (bicyclic) bond motifs is 2. The molecule has 2 aromatic rings. The van der Waals surface area contributed by atoms with Crippen LogP contribution in [-0.2, 0) is 4.74 Å². The third kappa shape index (κ3) is 2.74. The summed E-state index contributed by atoms with van der Waals surface area (Å²) in [4.78, 5) is 29.8. The van der Waals surface area contributed by atoms with E-state index in [-0.39, 0.29) is 23.8 Å². The summed E-state index contributed by atoms with van der Waals surface area (Å²) in [6.45, 7) is 1.81. The highest BCUT2D eigenvalue weighted by molar-refractivity contribution is 6.02. The summed E-state index contributed by atoms with van der Waals surface area (Å²) in [5.41, 5.74) is 2.53. The van der Waals surface area contributed by atoms with E-state index in [0.717, 1.165) is 11.3 Å². The number of amides is 2. The fraction of sp³-hybridized carbons (Fsp3) is 0.381. The molecule has 3 heterocycles. The predicted molar refractivity (Wildman–Crippen MR) is 100 cm³/mol. The maximum atomic E-state index is 12.9. The highest BCUT2D eigenvalue weighted by Gasteiger charge is 2.54. The van der Waals surface area contributed by atoms with Crippen molar-refractivity contribution in [2.75, 3.05) is 26.9 Å². The minimum atomic E-state index is -0.274. The average molecular weight is 379 g/mol. The molecule has 7 heteroatoms. The van der Waals surface area contributed by atoms with E-state index in [0.29, 0.717) is 48.5 Å². The zero-order chi connectivity index (χ0) is 19.3. The summed E-state index contributed by atoms with van der Waals surface area (Å²) in [5.74, 6) is 0.815. The highest BCUT2D eigenvalue weighted by Crippen LogP contribution is 2.45. The molecule has 3 aliphatic rings. The average Bonchev–Trinajstić information content (AvgIpc) is 3.10. The number of nitrogens with zero attached hydrogens (tertiary/aromatic N) is 1. The SMILES string of the molecule is CNC(=O)c1cc(C(=O)NC2[C@H]3COC[C@@H]23)cc2c1OC[C@H]2c1ccccn1. The molecule has 5 rings (SSSR count). The molecule has 2 aliphatic heterocycles. The molecule has 1 aliphatic carbocycles. The Balaban J connectivity index is 1.50. The van der Waals surface area contributed by atoms with Gasteiger partial charge in [-0.1, -0.05) is 6.07 Å². The third-order valence-electron chi connectivity index (χ3n) is 5.92. The minimum absolute atomic E-state index is 0.110. The van der Waals surface area contributed by atoms with Crippen LogP contribution in [0, 0.1) is 11.8 Å².